The molecule has 0 aliphatic carbocycles. The van der Waals surface area contributed by atoms with Gasteiger partial charge in [0.1, 0.15) is 11.6 Å². The maximum Gasteiger partial charge on any atom is 0.255 e. The van der Waals surface area contributed by atoms with Gasteiger partial charge < -0.3 is 9.80 Å². The number of carbonyl (C=O) groups is 1. The van der Waals surface area contributed by atoms with Crippen molar-refractivity contribution in [3.05, 3.63) is 57.0 Å². The number of aryl methyl sites for hydroxylation is 1. The predicted molar refractivity (Wildman–Crippen MR) is 88.8 cm³/mol. The van der Waals surface area contributed by atoms with E-state index in [1.165, 1.54) is 4.90 Å². The molecular formula is C17H18F2N4O2. The summed E-state index contributed by atoms with van der Waals surface area (Å²) < 4.78 is 26.6. The number of piperazine rings is 1. The number of H-pyrrole nitrogens is 1. The molecule has 1 fully saturated rings. The minimum Gasteiger partial charge on any atom is -0.339 e. The first kappa shape index (κ1) is 17.1. The number of amides is 1. The van der Waals surface area contributed by atoms with Crippen molar-refractivity contribution < 1.29 is 13.6 Å². The van der Waals surface area contributed by atoms with E-state index >= 15 is 0 Å². The van der Waals surface area contributed by atoms with E-state index in [4.69, 9.17) is 0 Å². The second-order valence-corrected chi connectivity index (χ2v) is 6.04. The highest BCUT2D eigenvalue weighted by Gasteiger charge is 2.24. The standard InChI is InChI=1S/C17H18F2N4O2/c1-10-11(2)20-17(21-15(10)24)23-5-3-22(4-6-23)16(25)12-7-13(18)9-14(19)8-12/h7-9H,3-6H2,1-2H3,(H,20,21,24). The molecule has 0 spiro atoms. The molecule has 0 bridgehead atoms. The van der Waals surface area contributed by atoms with Crippen LogP contribution >= 0.6 is 0 Å². The molecule has 0 atom stereocenters. The Kier molecular flexibility index (Phi) is 4.52. The van der Waals surface area contributed by atoms with Crippen LogP contribution in [0, 0.1) is 25.5 Å². The molecule has 1 aromatic carbocycles. The first-order valence-corrected chi connectivity index (χ1v) is 7.93. The summed E-state index contributed by atoms with van der Waals surface area (Å²) in [5.74, 6) is -1.51. The number of aromatic nitrogens is 2. The second kappa shape index (κ2) is 6.62. The van der Waals surface area contributed by atoms with Crippen molar-refractivity contribution in [2.75, 3.05) is 31.1 Å². The van der Waals surface area contributed by atoms with E-state index in [0.717, 1.165) is 18.2 Å². The number of hydrogen-bond acceptors (Lipinski definition) is 4. The van der Waals surface area contributed by atoms with E-state index in [-0.39, 0.29) is 11.1 Å². The molecule has 8 heteroatoms. The lowest BCUT2D eigenvalue weighted by Gasteiger charge is -2.35. The zero-order valence-corrected chi connectivity index (χ0v) is 14.0. The number of anilines is 1. The van der Waals surface area contributed by atoms with Crippen LogP contribution in [0.15, 0.2) is 23.0 Å². The topological polar surface area (TPSA) is 69.3 Å². The summed E-state index contributed by atoms with van der Waals surface area (Å²) in [4.78, 5) is 34.8. The second-order valence-electron chi connectivity index (χ2n) is 6.04. The molecule has 1 saturated heterocycles. The maximum atomic E-state index is 13.3. The van der Waals surface area contributed by atoms with E-state index in [2.05, 4.69) is 9.97 Å². The van der Waals surface area contributed by atoms with Crippen molar-refractivity contribution in [3.8, 4) is 0 Å². The Morgan fingerprint density at radius 3 is 2.24 bits per heavy atom. The molecule has 0 radical (unpaired) electrons. The summed E-state index contributed by atoms with van der Waals surface area (Å²) in [5, 5.41) is 0. The fourth-order valence-electron chi connectivity index (χ4n) is 2.76. The van der Waals surface area contributed by atoms with E-state index in [1.54, 1.807) is 13.8 Å². The Morgan fingerprint density at radius 1 is 1.08 bits per heavy atom. The summed E-state index contributed by atoms with van der Waals surface area (Å²) in [7, 11) is 0. The summed E-state index contributed by atoms with van der Waals surface area (Å²) in [6.45, 7) is 5.15. The third kappa shape index (κ3) is 3.52. The Bertz CT molecular complexity index is 853. The quantitative estimate of drug-likeness (QED) is 0.896. The number of nitrogens with zero attached hydrogens (tertiary/aromatic N) is 3. The monoisotopic (exact) mass is 348 g/mol. The van der Waals surface area contributed by atoms with Gasteiger partial charge in [-0.15, -0.1) is 0 Å². The van der Waals surface area contributed by atoms with Crippen LogP contribution in [0.3, 0.4) is 0 Å². The predicted octanol–water partition coefficient (Wildman–Crippen LogP) is 1.63. The van der Waals surface area contributed by atoms with Gasteiger partial charge in [-0.2, -0.15) is 0 Å². The van der Waals surface area contributed by atoms with Crippen molar-refractivity contribution in [1.82, 2.24) is 14.9 Å². The van der Waals surface area contributed by atoms with Crippen molar-refractivity contribution in [2.24, 2.45) is 0 Å². The van der Waals surface area contributed by atoms with Crippen molar-refractivity contribution in [2.45, 2.75) is 13.8 Å². The van der Waals surface area contributed by atoms with Crippen LogP contribution < -0.4 is 10.5 Å². The van der Waals surface area contributed by atoms with Crippen molar-refractivity contribution in [1.29, 1.82) is 0 Å². The van der Waals surface area contributed by atoms with Crippen LogP contribution in [0.2, 0.25) is 0 Å². The molecule has 1 amide bonds. The van der Waals surface area contributed by atoms with Gasteiger partial charge in [0.2, 0.25) is 5.95 Å². The average Bonchev–Trinajstić information content (AvgIpc) is 2.58. The third-order valence-corrected chi connectivity index (χ3v) is 4.36. The number of benzene rings is 1. The minimum absolute atomic E-state index is 0.0105. The first-order chi connectivity index (χ1) is 11.8. The molecule has 25 heavy (non-hydrogen) atoms. The van der Waals surface area contributed by atoms with Gasteiger partial charge in [0.15, 0.2) is 0 Å². The van der Waals surface area contributed by atoms with Crippen LogP contribution in [0.5, 0.6) is 0 Å². The molecule has 1 aliphatic rings. The van der Waals surface area contributed by atoms with E-state index in [0.29, 0.717) is 43.4 Å². The molecular weight excluding hydrogens is 330 g/mol. The van der Waals surface area contributed by atoms with Gasteiger partial charge in [0.05, 0.1) is 0 Å². The number of nitrogens with one attached hydrogen (secondary N) is 1. The van der Waals surface area contributed by atoms with Gasteiger partial charge in [-0.05, 0) is 26.0 Å². The number of rotatable bonds is 2. The summed E-state index contributed by atoms with van der Waals surface area (Å²) in [6.07, 6.45) is 0. The molecule has 1 aliphatic heterocycles. The average molecular weight is 348 g/mol. The van der Waals surface area contributed by atoms with Gasteiger partial charge >= 0.3 is 0 Å². The van der Waals surface area contributed by atoms with E-state index < -0.39 is 17.5 Å². The molecule has 3 rings (SSSR count). The lowest BCUT2D eigenvalue weighted by Crippen LogP contribution is -2.49. The molecule has 2 heterocycles. The largest absolute Gasteiger partial charge is 0.339 e. The number of carbonyl (C=O) groups excluding carboxylic acids is 1. The van der Waals surface area contributed by atoms with Crippen LogP contribution in [-0.2, 0) is 0 Å². The highest BCUT2D eigenvalue weighted by Crippen LogP contribution is 2.15. The fourth-order valence-corrected chi connectivity index (χ4v) is 2.76. The molecule has 6 nitrogen and oxygen atoms in total. The fraction of sp³-hybridized carbons (Fsp3) is 0.353. The maximum absolute atomic E-state index is 13.3. The molecule has 1 N–H and O–H groups in total. The van der Waals surface area contributed by atoms with Gasteiger partial charge in [-0.3, -0.25) is 14.6 Å². The zero-order valence-electron chi connectivity index (χ0n) is 14.0. The Hall–Kier alpha value is -2.77. The smallest absolute Gasteiger partial charge is 0.255 e. The molecule has 1 aromatic heterocycles. The molecule has 0 unspecified atom stereocenters. The third-order valence-electron chi connectivity index (χ3n) is 4.36. The van der Waals surface area contributed by atoms with Gasteiger partial charge in [0, 0.05) is 49.1 Å². The molecule has 2 aromatic rings. The van der Waals surface area contributed by atoms with Gasteiger partial charge in [-0.1, -0.05) is 0 Å². The lowest BCUT2D eigenvalue weighted by atomic mass is 10.1. The number of aromatic amines is 1. The summed E-state index contributed by atoms with van der Waals surface area (Å²) in [6, 6.07) is 2.79. The van der Waals surface area contributed by atoms with Crippen LogP contribution in [0.25, 0.3) is 0 Å². The van der Waals surface area contributed by atoms with Gasteiger partial charge in [-0.25, -0.2) is 13.8 Å². The Balaban J connectivity index is 1.71. The SMILES string of the molecule is Cc1nc(N2CCN(C(=O)c3cc(F)cc(F)c3)CC2)[nH]c(=O)c1C. The van der Waals surface area contributed by atoms with Crippen LogP contribution in [0.1, 0.15) is 21.6 Å². The van der Waals surface area contributed by atoms with Crippen LogP contribution in [0.4, 0.5) is 14.7 Å². The van der Waals surface area contributed by atoms with E-state index in [9.17, 15) is 18.4 Å². The normalized spacial score (nSPS) is 14.7. The highest BCUT2D eigenvalue weighted by atomic mass is 19.1. The van der Waals surface area contributed by atoms with Crippen LogP contribution in [-0.4, -0.2) is 47.0 Å². The minimum atomic E-state index is -0.779. The van der Waals surface area contributed by atoms with Crippen molar-refractivity contribution >= 4 is 11.9 Å². The zero-order chi connectivity index (χ0) is 18.1. The number of halogens is 2. The first-order valence-electron chi connectivity index (χ1n) is 7.93. The van der Waals surface area contributed by atoms with E-state index in [1.807, 2.05) is 4.90 Å². The van der Waals surface area contributed by atoms with Gasteiger partial charge in [0.25, 0.3) is 11.5 Å². The van der Waals surface area contributed by atoms with Crippen molar-refractivity contribution in [3.63, 3.8) is 0 Å². The molecule has 0 saturated carbocycles. The summed E-state index contributed by atoms with van der Waals surface area (Å²) >= 11 is 0. The number of hydrogen-bond donors (Lipinski definition) is 1. The molecule has 132 valence electrons. The summed E-state index contributed by atoms with van der Waals surface area (Å²) in [5.41, 5.74) is 1.04. The Morgan fingerprint density at radius 2 is 1.68 bits per heavy atom. The highest BCUT2D eigenvalue weighted by molar-refractivity contribution is 5.94. The Labute approximate surface area is 143 Å². The lowest BCUT2D eigenvalue weighted by molar-refractivity contribution is 0.0745.